The molecule has 1 aromatic heterocycles. The number of carboxylic acid groups (broad SMARTS) is 1. The molecule has 0 aliphatic rings. The molecule has 1 heterocycles. The third-order valence-corrected chi connectivity index (χ3v) is 2.96. The largest absolute Gasteiger partial charge is 0.478 e. The molecule has 0 bridgehead atoms. The zero-order valence-corrected chi connectivity index (χ0v) is 11.4. The second-order valence-corrected chi connectivity index (χ2v) is 4.48. The Morgan fingerprint density at radius 3 is 2.71 bits per heavy atom. The highest BCUT2D eigenvalue weighted by atomic mass is 19.1. The molecule has 110 valence electrons. The van der Waals surface area contributed by atoms with Crippen molar-refractivity contribution in [3.63, 3.8) is 0 Å². The smallest absolute Gasteiger partial charge is 0.335 e. The molecule has 0 atom stereocenters. The molecule has 4 nitrogen and oxygen atoms in total. The Morgan fingerprint density at radius 2 is 2.05 bits per heavy atom. The molecule has 0 saturated heterocycles. The lowest BCUT2D eigenvalue weighted by Crippen LogP contribution is -2.07. The fraction of sp³-hybridized carbons (Fsp3) is 0.200. The van der Waals surface area contributed by atoms with Crippen molar-refractivity contribution in [1.82, 2.24) is 4.98 Å². The predicted octanol–water partition coefficient (Wildman–Crippen LogP) is 3.23. The normalized spacial score (nSPS) is 10.4. The minimum Gasteiger partial charge on any atom is -0.478 e. The third kappa shape index (κ3) is 3.75. The van der Waals surface area contributed by atoms with Gasteiger partial charge in [-0.15, -0.1) is 0 Å². The molecule has 1 aromatic carbocycles. The number of nitrogens with one attached hydrogen (secondary N) is 1. The number of halogens is 2. The van der Waals surface area contributed by atoms with E-state index >= 15 is 0 Å². The van der Waals surface area contributed by atoms with Crippen LogP contribution >= 0.6 is 0 Å². The molecule has 0 saturated carbocycles. The van der Waals surface area contributed by atoms with Crippen LogP contribution in [-0.4, -0.2) is 16.1 Å². The van der Waals surface area contributed by atoms with E-state index in [2.05, 4.69) is 10.3 Å². The minimum absolute atomic E-state index is 0.0167. The van der Waals surface area contributed by atoms with Crippen molar-refractivity contribution in [3.05, 3.63) is 58.8 Å². The van der Waals surface area contributed by atoms with Crippen molar-refractivity contribution in [3.8, 4) is 0 Å². The molecule has 21 heavy (non-hydrogen) atoms. The van der Waals surface area contributed by atoms with Gasteiger partial charge in [0.05, 0.1) is 5.56 Å². The summed E-state index contributed by atoms with van der Waals surface area (Å²) in [5, 5.41) is 11.8. The topological polar surface area (TPSA) is 62.2 Å². The van der Waals surface area contributed by atoms with E-state index in [1.54, 1.807) is 0 Å². The van der Waals surface area contributed by atoms with Crippen LogP contribution in [0.25, 0.3) is 0 Å². The summed E-state index contributed by atoms with van der Waals surface area (Å²) in [6.45, 7) is 1.87. The molecular weight excluding hydrogens is 278 g/mol. The van der Waals surface area contributed by atoms with E-state index in [0.717, 1.165) is 18.2 Å². The highest BCUT2D eigenvalue weighted by Gasteiger charge is 2.09. The van der Waals surface area contributed by atoms with E-state index in [0.29, 0.717) is 17.9 Å². The van der Waals surface area contributed by atoms with Crippen molar-refractivity contribution in [2.75, 3.05) is 5.32 Å². The van der Waals surface area contributed by atoms with Crippen LogP contribution < -0.4 is 5.32 Å². The molecule has 2 rings (SSSR count). The summed E-state index contributed by atoms with van der Waals surface area (Å²) < 4.78 is 26.6. The molecule has 0 amide bonds. The Morgan fingerprint density at radius 1 is 1.29 bits per heavy atom. The van der Waals surface area contributed by atoms with Crippen molar-refractivity contribution in [1.29, 1.82) is 0 Å². The Balaban J connectivity index is 2.21. The highest BCUT2D eigenvalue weighted by Crippen LogP contribution is 2.15. The number of aromatic carboxylic acids is 1. The predicted molar refractivity (Wildman–Crippen MR) is 74.3 cm³/mol. The zero-order chi connectivity index (χ0) is 15.4. The fourth-order valence-corrected chi connectivity index (χ4v) is 1.85. The standard InChI is InChI=1S/C15H14F2N2O2/c1-2-12-6-9(15(20)21)7-14(19-12)18-8-10-5-11(16)3-4-13(10)17/h3-7H,2,8H2,1H3,(H,18,19)(H,20,21). The van der Waals surface area contributed by atoms with Gasteiger partial charge in [0, 0.05) is 17.8 Å². The van der Waals surface area contributed by atoms with Gasteiger partial charge in [0.15, 0.2) is 0 Å². The Kier molecular flexibility index (Phi) is 4.47. The van der Waals surface area contributed by atoms with Gasteiger partial charge in [0.1, 0.15) is 17.5 Å². The van der Waals surface area contributed by atoms with Crippen molar-refractivity contribution in [2.24, 2.45) is 0 Å². The van der Waals surface area contributed by atoms with Gasteiger partial charge in [-0.2, -0.15) is 0 Å². The van der Waals surface area contributed by atoms with Crippen LogP contribution in [-0.2, 0) is 13.0 Å². The van der Waals surface area contributed by atoms with Gasteiger partial charge >= 0.3 is 5.97 Å². The number of nitrogens with zero attached hydrogens (tertiary/aromatic N) is 1. The number of rotatable bonds is 5. The van der Waals surface area contributed by atoms with Gasteiger partial charge in [-0.3, -0.25) is 0 Å². The number of carboxylic acids is 1. The first kappa shape index (κ1) is 14.9. The molecule has 0 aliphatic heterocycles. The molecule has 2 aromatic rings. The lowest BCUT2D eigenvalue weighted by atomic mass is 10.2. The number of hydrogen-bond donors (Lipinski definition) is 2. The maximum Gasteiger partial charge on any atom is 0.335 e. The van der Waals surface area contributed by atoms with Crippen LogP contribution in [0.4, 0.5) is 14.6 Å². The summed E-state index contributed by atoms with van der Waals surface area (Å²) in [6, 6.07) is 6.02. The van der Waals surface area contributed by atoms with Gasteiger partial charge in [0.2, 0.25) is 0 Å². The van der Waals surface area contributed by atoms with Gasteiger partial charge in [-0.25, -0.2) is 18.6 Å². The summed E-state index contributed by atoms with van der Waals surface area (Å²) in [7, 11) is 0. The van der Waals surface area contributed by atoms with Gasteiger partial charge in [-0.05, 0) is 36.8 Å². The lowest BCUT2D eigenvalue weighted by molar-refractivity contribution is 0.0696. The number of hydrogen-bond acceptors (Lipinski definition) is 3. The maximum atomic E-state index is 13.5. The van der Waals surface area contributed by atoms with Crippen LogP contribution in [0.3, 0.4) is 0 Å². The molecule has 0 unspecified atom stereocenters. The van der Waals surface area contributed by atoms with Crippen LogP contribution in [0.5, 0.6) is 0 Å². The molecular formula is C15H14F2N2O2. The molecule has 0 spiro atoms. The Bertz CT molecular complexity index is 675. The fourth-order valence-electron chi connectivity index (χ4n) is 1.85. The summed E-state index contributed by atoms with van der Waals surface area (Å²) in [4.78, 5) is 15.2. The van der Waals surface area contributed by atoms with Crippen LogP contribution in [0.1, 0.15) is 28.5 Å². The molecule has 0 fully saturated rings. The maximum absolute atomic E-state index is 13.5. The van der Waals surface area contributed by atoms with E-state index in [1.165, 1.54) is 12.1 Å². The van der Waals surface area contributed by atoms with E-state index in [9.17, 15) is 13.6 Å². The quantitative estimate of drug-likeness (QED) is 0.888. The minimum atomic E-state index is -1.06. The van der Waals surface area contributed by atoms with Crippen LogP contribution in [0.2, 0.25) is 0 Å². The summed E-state index contributed by atoms with van der Waals surface area (Å²) in [6.07, 6.45) is 0.574. The second-order valence-electron chi connectivity index (χ2n) is 4.48. The summed E-state index contributed by atoms with van der Waals surface area (Å²) >= 11 is 0. The SMILES string of the molecule is CCc1cc(C(=O)O)cc(NCc2cc(F)ccc2F)n1. The first-order chi connectivity index (χ1) is 9.99. The monoisotopic (exact) mass is 292 g/mol. The van der Waals surface area contributed by atoms with Crippen LogP contribution in [0, 0.1) is 11.6 Å². The van der Waals surface area contributed by atoms with Gasteiger partial charge < -0.3 is 10.4 Å². The highest BCUT2D eigenvalue weighted by molar-refractivity contribution is 5.88. The first-order valence-corrected chi connectivity index (χ1v) is 6.41. The molecule has 2 N–H and O–H groups in total. The van der Waals surface area contributed by atoms with Crippen LogP contribution in [0.15, 0.2) is 30.3 Å². The summed E-state index contributed by atoms with van der Waals surface area (Å²) in [5.41, 5.74) is 0.858. The lowest BCUT2D eigenvalue weighted by Gasteiger charge is -2.09. The second kappa shape index (κ2) is 6.30. The summed E-state index contributed by atoms with van der Waals surface area (Å²) in [5.74, 6) is -1.81. The average Bonchev–Trinajstić information content (AvgIpc) is 2.47. The number of anilines is 1. The van der Waals surface area contributed by atoms with Gasteiger partial charge in [0.25, 0.3) is 0 Å². The van der Waals surface area contributed by atoms with Gasteiger partial charge in [-0.1, -0.05) is 6.92 Å². The first-order valence-electron chi connectivity index (χ1n) is 6.41. The Labute approximate surface area is 120 Å². The number of aryl methyl sites for hydroxylation is 1. The van der Waals surface area contributed by atoms with Crippen molar-refractivity contribution in [2.45, 2.75) is 19.9 Å². The number of benzene rings is 1. The van der Waals surface area contributed by atoms with E-state index < -0.39 is 17.6 Å². The Hall–Kier alpha value is -2.50. The van der Waals surface area contributed by atoms with E-state index in [-0.39, 0.29) is 17.7 Å². The van der Waals surface area contributed by atoms with Crippen molar-refractivity contribution >= 4 is 11.8 Å². The number of pyridine rings is 1. The average molecular weight is 292 g/mol. The molecule has 0 aliphatic carbocycles. The number of carbonyl (C=O) groups is 1. The molecule has 0 radical (unpaired) electrons. The zero-order valence-electron chi connectivity index (χ0n) is 11.4. The van der Waals surface area contributed by atoms with E-state index in [4.69, 9.17) is 5.11 Å². The van der Waals surface area contributed by atoms with E-state index in [1.807, 2.05) is 6.92 Å². The molecule has 6 heteroatoms. The van der Waals surface area contributed by atoms with Crippen molar-refractivity contribution < 1.29 is 18.7 Å². The third-order valence-electron chi connectivity index (χ3n) is 2.96. The number of aromatic nitrogens is 1.